The molecular weight excluding hydrogens is 338 g/mol. The first-order chi connectivity index (χ1) is 12.7. The fraction of sp³-hybridized carbons (Fsp3) is 0.636. The predicted molar refractivity (Wildman–Crippen MR) is 107 cm³/mol. The van der Waals surface area contributed by atoms with Gasteiger partial charge in [0, 0.05) is 6.04 Å². The Morgan fingerprint density at radius 2 is 1.74 bits per heavy atom. The average Bonchev–Trinajstić information content (AvgIpc) is 2.85. The lowest BCUT2D eigenvalue weighted by molar-refractivity contribution is -0.136. The summed E-state index contributed by atoms with van der Waals surface area (Å²) in [6, 6.07) is 9.97. The van der Waals surface area contributed by atoms with Gasteiger partial charge in [0.05, 0.1) is 6.67 Å². The number of urea groups is 1. The van der Waals surface area contributed by atoms with Gasteiger partial charge in [0.2, 0.25) is 0 Å². The highest BCUT2D eigenvalue weighted by Crippen LogP contribution is 2.42. The molecule has 1 aromatic carbocycles. The summed E-state index contributed by atoms with van der Waals surface area (Å²) in [4.78, 5) is 27.4. The Kier molecular flexibility index (Phi) is 5.35. The van der Waals surface area contributed by atoms with E-state index in [1.165, 1.54) is 4.90 Å². The zero-order valence-corrected chi connectivity index (χ0v) is 17.2. The molecule has 0 radical (unpaired) electrons. The van der Waals surface area contributed by atoms with E-state index in [0.717, 1.165) is 24.8 Å². The van der Waals surface area contributed by atoms with E-state index in [1.807, 2.05) is 18.2 Å². The molecule has 1 aliphatic heterocycles. The maximum Gasteiger partial charge on any atom is 0.326 e. The second kappa shape index (κ2) is 7.27. The van der Waals surface area contributed by atoms with Gasteiger partial charge >= 0.3 is 6.03 Å². The first-order valence-electron chi connectivity index (χ1n) is 10.1. The normalized spacial score (nSPS) is 26.3. The minimum Gasteiger partial charge on any atom is -0.323 e. The Bertz CT molecular complexity index is 685. The SMILES string of the molecule is C[C@@H]1CCC[C@@H](C)C12NC(=O)N(CN[C@H](c1ccccc1)C(C)(C)C)C2=O. The Morgan fingerprint density at radius 3 is 2.30 bits per heavy atom. The monoisotopic (exact) mass is 371 g/mol. The van der Waals surface area contributed by atoms with Gasteiger partial charge in [0.15, 0.2) is 0 Å². The van der Waals surface area contributed by atoms with Crippen LogP contribution in [-0.4, -0.2) is 29.0 Å². The lowest BCUT2D eigenvalue weighted by Gasteiger charge is -2.42. The van der Waals surface area contributed by atoms with E-state index in [-0.39, 0.29) is 41.9 Å². The van der Waals surface area contributed by atoms with Crippen LogP contribution in [0.1, 0.15) is 65.5 Å². The maximum atomic E-state index is 13.3. The van der Waals surface area contributed by atoms with E-state index in [2.05, 4.69) is 57.4 Å². The van der Waals surface area contributed by atoms with Crippen molar-refractivity contribution in [2.75, 3.05) is 6.67 Å². The molecule has 2 aliphatic rings. The molecule has 2 N–H and O–H groups in total. The van der Waals surface area contributed by atoms with Crippen molar-refractivity contribution in [3.63, 3.8) is 0 Å². The van der Waals surface area contributed by atoms with E-state index in [4.69, 9.17) is 0 Å². The van der Waals surface area contributed by atoms with Crippen LogP contribution in [0.25, 0.3) is 0 Å². The molecule has 3 amide bonds. The van der Waals surface area contributed by atoms with Gasteiger partial charge in [-0.05, 0) is 35.7 Å². The first-order valence-corrected chi connectivity index (χ1v) is 10.1. The lowest BCUT2D eigenvalue weighted by atomic mass is 9.67. The van der Waals surface area contributed by atoms with Crippen LogP contribution in [0.15, 0.2) is 30.3 Å². The number of nitrogens with zero attached hydrogens (tertiary/aromatic N) is 1. The van der Waals surface area contributed by atoms with Gasteiger partial charge < -0.3 is 5.32 Å². The van der Waals surface area contributed by atoms with Crippen LogP contribution in [0, 0.1) is 17.3 Å². The summed E-state index contributed by atoms with van der Waals surface area (Å²) in [5, 5.41) is 6.54. The van der Waals surface area contributed by atoms with Crippen molar-refractivity contribution in [1.82, 2.24) is 15.5 Å². The Morgan fingerprint density at radius 1 is 1.15 bits per heavy atom. The quantitative estimate of drug-likeness (QED) is 0.785. The van der Waals surface area contributed by atoms with Crippen molar-refractivity contribution < 1.29 is 9.59 Å². The van der Waals surface area contributed by atoms with Gasteiger partial charge in [-0.2, -0.15) is 0 Å². The van der Waals surface area contributed by atoms with Gasteiger partial charge in [-0.15, -0.1) is 0 Å². The maximum absolute atomic E-state index is 13.3. The molecule has 3 rings (SSSR count). The van der Waals surface area contributed by atoms with Crippen molar-refractivity contribution >= 4 is 11.9 Å². The second-order valence-corrected chi connectivity index (χ2v) is 9.34. The van der Waals surface area contributed by atoms with Crippen LogP contribution < -0.4 is 10.6 Å². The van der Waals surface area contributed by atoms with Gasteiger partial charge in [-0.3, -0.25) is 10.1 Å². The zero-order chi connectivity index (χ0) is 19.8. The van der Waals surface area contributed by atoms with Gasteiger partial charge in [-0.25, -0.2) is 9.69 Å². The molecule has 1 aliphatic carbocycles. The Hall–Kier alpha value is -1.88. The number of carbonyl (C=O) groups excluding carboxylic acids is 2. The van der Waals surface area contributed by atoms with Crippen molar-refractivity contribution in [2.45, 2.75) is 65.5 Å². The summed E-state index contributed by atoms with van der Waals surface area (Å²) in [6.07, 6.45) is 3.07. The molecule has 1 spiro atoms. The zero-order valence-electron chi connectivity index (χ0n) is 17.2. The molecule has 5 nitrogen and oxygen atoms in total. The molecule has 1 aromatic rings. The van der Waals surface area contributed by atoms with Crippen LogP contribution in [0.5, 0.6) is 0 Å². The van der Waals surface area contributed by atoms with Crippen molar-refractivity contribution in [3.05, 3.63) is 35.9 Å². The molecule has 27 heavy (non-hydrogen) atoms. The highest BCUT2D eigenvalue weighted by molar-refractivity contribution is 6.07. The Labute approximate surface area is 162 Å². The van der Waals surface area contributed by atoms with E-state index >= 15 is 0 Å². The first kappa shape index (κ1) is 19.9. The summed E-state index contributed by atoms with van der Waals surface area (Å²) in [5.41, 5.74) is 0.371. The smallest absolute Gasteiger partial charge is 0.323 e. The van der Waals surface area contributed by atoms with E-state index < -0.39 is 5.54 Å². The molecular formula is C22H33N3O2. The highest BCUT2D eigenvalue weighted by Gasteiger charge is 2.58. The fourth-order valence-electron chi connectivity index (χ4n) is 4.85. The summed E-state index contributed by atoms with van der Waals surface area (Å²) in [6.45, 7) is 10.9. The van der Waals surface area contributed by atoms with Crippen molar-refractivity contribution in [1.29, 1.82) is 0 Å². The molecule has 1 saturated heterocycles. The number of hydrogen-bond acceptors (Lipinski definition) is 3. The van der Waals surface area contributed by atoms with Crippen molar-refractivity contribution in [3.8, 4) is 0 Å². The fourth-order valence-corrected chi connectivity index (χ4v) is 4.85. The molecule has 0 bridgehead atoms. The topological polar surface area (TPSA) is 61.4 Å². The number of rotatable bonds is 4. The number of benzene rings is 1. The standard InChI is InChI=1S/C22H33N3O2/c1-15-10-9-11-16(2)22(15)19(26)25(20(27)24-22)14-23-18(21(3,4)5)17-12-7-6-8-13-17/h6-8,12-13,15-16,18,23H,9-11,14H2,1-5H3,(H,24,27)/t15-,16-,18-/m1/s1. The third kappa shape index (κ3) is 3.49. The number of nitrogens with one attached hydrogen (secondary N) is 2. The molecule has 2 fully saturated rings. The largest absolute Gasteiger partial charge is 0.326 e. The molecule has 0 unspecified atom stereocenters. The van der Waals surface area contributed by atoms with Crippen LogP contribution in [-0.2, 0) is 4.79 Å². The van der Waals surface area contributed by atoms with Gasteiger partial charge in [-0.1, -0.05) is 71.4 Å². The van der Waals surface area contributed by atoms with Gasteiger partial charge in [0.1, 0.15) is 5.54 Å². The molecule has 148 valence electrons. The highest BCUT2D eigenvalue weighted by atomic mass is 16.2. The number of amides is 3. The van der Waals surface area contributed by atoms with E-state index in [9.17, 15) is 9.59 Å². The number of imide groups is 1. The summed E-state index contributed by atoms with van der Waals surface area (Å²) >= 11 is 0. The third-order valence-electron chi connectivity index (χ3n) is 6.44. The lowest BCUT2D eigenvalue weighted by Crippen LogP contribution is -2.59. The van der Waals surface area contributed by atoms with Crippen LogP contribution in [0.2, 0.25) is 0 Å². The molecule has 5 heteroatoms. The average molecular weight is 372 g/mol. The van der Waals surface area contributed by atoms with E-state index in [1.54, 1.807) is 0 Å². The van der Waals surface area contributed by atoms with Crippen LogP contribution in [0.4, 0.5) is 4.79 Å². The summed E-state index contributed by atoms with van der Waals surface area (Å²) in [7, 11) is 0. The van der Waals surface area contributed by atoms with Gasteiger partial charge in [0.25, 0.3) is 5.91 Å². The molecule has 1 heterocycles. The third-order valence-corrected chi connectivity index (χ3v) is 6.44. The molecule has 0 aromatic heterocycles. The predicted octanol–water partition coefficient (Wildman–Crippen LogP) is 4.07. The minimum atomic E-state index is -0.735. The summed E-state index contributed by atoms with van der Waals surface area (Å²) in [5.74, 6) is 0.255. The minimum absolute atomic E-state index is 0.0389. The Balaban J connectivity index is 1.79. The molecule has 1 saturated carbocycles. The van der Waals surface area contributed by atoms with Crippen LogP contribution in [0.3, 0.4) is 0 Å². The van der Waals surface area contributed by atoms with E-state index in [0.29, 0.717) is 0 Å². The van der Waals surface area contributed by atoms with Crippen molar-refractivity contribution in [2.24, 2.45) is 17.3 Å². The second-order valence-electron chi connectivity index (χ2n) is 9.34. The number of carbonyl (C=O) groups is 2. The molecule has 3 atom stereocenters. The number of hydrogen-bond donors (Lipinski definition) is 2. The summed E-state index contributed by atoms with van der Waals surface area (Å²) < 4.78 is 0. The van der Waals surface area contributed by atoms with Crippen LogP contribution >= 0.6 is 0 Å².